The first-order chi connectivity index (χ1) is 11.3. The highest BCUT2D eigenvalue weighted by Gasteiger charge is 2.29. The molecule has 6 heteroatoms. The molecule has 1 aliphatic rings. The lowest BCUT2D eigenvalue weighted by molar-refractivity contribution is 0.0967. The second-order valence-corrected chi connectivity index (χ2v) is 6.12. The Labute approximate surface area is 137 Å². The fourth-order valence-electron chi connectivity index (χ4n) is 2.16. The number of hydrogen-bond donors (Lipinski definition) is 0. The number of carbonyl (C=O) groups is 2. The lowest BCUT2D eigenvalue weighted by atomic mass is 10.0. The molecule has 0 N–H and O–H groups in total. The highest BCUT2D eigenvalue weighted by Crippen LogP contribution is 2.28. The number of hydrogen-bond acceptors (Lipinski definition) is 6. The van der Waals surface area contributed by atoms with Gasteiger partial charge in [0.2, 0.25) is 17.3 Å². The van der Waals surface area contributed by atoms with Crippen LogP contribution in [0.3, 0.4) is 0 Å². The first-order valence-electron chi connectivity index (χ1n) is 7.32. The number of carbonyl (C=O) groups excluding carboxylic acids is 2. The van der Waals surface area contributed by atoms with Crippen LogP contribution in [-0.4, -0.2) is 29.1 Å². The summed E-state index contributed by atoms with van der Waals surface area (Å²) in [6, 6.07) is 9.65. The Hall–Kier alpha value is -2.34. The summed E-state index contributed by atoms with van der Waals surface area (Å²) < 4.78 is 10.4. The SMILES string of the molecule is O=C1C(SCCCCOc2ccccc2)=CC(=O)c2oncc21. The predicted molar refractivity (Wildman–Crippen MR) is 86.9 cm³/mol. The quantitative estimate of drug-likeness (QED) is 0.724. The van der Waals surface area contributed by atoms with Gasteiger partial charge in [0, 0.05) is 6.08 Å². The third-order valence-corrected chi connectivity index (χ3v) is 4.44. The number of Topliss-reactive ketones (excluding diaryl/α,β-unsaturated/α-hetero) is 1. The van der Waals surface area contributed by atoms with Gasteiger partial charge >= 0.3 is 0 Å². The van der Waals surface area contributed by atoms with Crippen LogP contribution in [0.15, 0.2) is 52.0 Å². The number of para-hydroxylation sites is 1. The maximum atomic E-state index is 12.2. The van der Waals surface area contributed by atoms with Crippen molar-refractivity contribution >= 4 is 23.3 Å². The molecule has 1 aliphatic carbocycles. The number of thioether (sulfide) groups is 1. The summed E-state index contributed by atoms with van der Waals surface area (Å²) >= 11 is 1.39. The number of fused-ring (bicyclic) bond motifs is 1. The molecule has 0 radical (unpaired) electrons. The van der Waals surface area contributed by atoms with Crippen LogP contribution in [0.25, 0.3) is 0 Å². The molecule has 5 nitrogen and oxygen atoms in total. The van der Waals surface area contributed by atoms with Gasteiger partial charge in [-0.05, 0) is 30.7 Å². The van der Waals surface area contributed by atoms with Crippen LogP contribution in [0.1, 0.15) is 33.8 Å². The van der Waals surface area contributed by atoms with Gasteiger partial charge in [0.1, 0.15) is 5.75 Å². The molecule has 0 spiro atoms. The number of allylic oxidation sites excluding steroid dienone is 2. The Kier molecular flexibility index (Phi) is 4.92. The fourth-order valence-corrected chi connectivity index (χ4v) is 3.16. The second-order valence-electron chi connectivity index (χ2n) is 4.99. The monoisotopic (exact) mass is 329 g/mol. The lowest BCUT2D eigenvalue weighted by Crippen LogP contribution is -2.13. The first-order valence-corrected chi connectivity index (χ1v) is 8.30. The summed E-state index contributed by atoms with van der Waals surface area (Å²) in [5.41, 5.74) is 0.257. The van der Waals surface area contributed by atoms with E-state index in [1.54, 1.807) is 0 Å². The van der Waals surface area contributed by atoms with E-state index < -0.39 is 0 Å². The summed E-state index contributed by atoms with van der Waals surface area (Å²) in [5, 5.41) is 3.51. The molecule has 0 saturated heterocycles. The largest absolute Gasteiger partial charge is 0.494 e. The van der Waals surface area contributed by atoms with E-state index >= 15 is 0 Å². The molecule has 0 amide bonds. The number of rotatable bonds is 7. The zero-order chi connectivity index (χ0) is 16.1. The highest BCUT2D eigenvalue weighted by atomic mass is 32.2. The zero-order valence-corrected chi connectivity index (χ0v) is 13.2. The van der Waals surface area contributed by atoms with Crippen molar-refractivity contribution in [2.45, 2.75) is 12.8 Å². The van der Waals surface area contributed by atoms with Crippen molar-refractivity contribution in [2.75, 3.05) is 12.4 Å². The normalized spacial score (nSPS) is 13.7. The molecule has 0 saturated carbocycles. The van der Waals surface area contributed by atoms with Crippen molar-refractivity contribution in [2.24, 2.45) is 0 Å². The van der Waals surface area contributed by atoms with Crippen molar-refractivity contribution in [3.63, 3.8) is 0 Å². The zero-order valence-electron chi connectivity index (χ0n) is 12.4. The Morgan fingerprint density at radius 2 is 1.96 bits per heavy atom. The minimum Gasteiger partial charge on any atom is -0.494 e. The summed E-state index contributed by atoms with van der Waals surface area (Å²) in [6.45, 7) is 0.631. The van der Waals surface area contributed by atoms with Gasteiger partial charge in [0.25, 0.3) is 0 Å². The van der Waals surface area contributed by atoms with Crippen LogP contribution in [-0.2, 0) is 0 Å². The summed E-state index contributed by atoms with van der Waals surface area (Å²) in [7, 11) is 0. The third kappa shape index (κ3) is 3.71. The van der Waals surface area contributed by atoms with E-state index in [0.29, 0.717) is 11.5 Å². The molecular formula is C17H15NO4S. The van der Waals surface area contributed by atoms with Crippen LogP contribution >= 0.6 is 11.8 Å². The van der Waals surface area contributed by atoms with Gasteiger partial charge in [-0.3, -0.25) is 9.59 Å². The molecule has 1 aromatic carbocycles. The van der Waals surface area contributed by atoms with Gasteiger partial charge in [-0.25, -0.2) is 0 Å². The maximum Gasteiger partial charge on any atom is 0.225 e. The topological polar surface area (TPSA) is 69.4 Å². The number of unbranched alkanes of at least 4 members (excludes halogenated alkanes) is 1. The average Bonchev–Trinajstić information content (AvgIpc) is 3.06. The Morgan fingerprint density at radius 3 is 2.78 bits per heavy atom. The standard InChI is InChI=1S/C17H15NO4S/c19-14-10-15(16(20)13-11-18-22-17(13)14)23-9-5-4-8-21-12-6-2-1-3-7-12/h1-3,6-7,10-11H,4-5,8-9H2. The number of aromatic nitrogens is 1. The maximum absolute atomic E-state index is 12.2. The van der Waals surface area contributed by atoms with Crippen LogP contribution < -0.4 is 4.74 Å². The number of nitrogens with zero attached hydrogens (tertiary/aromatic N) is 1. The van der Waals surface area contributed by atoms with Crippen molar-refractivity contribution in [3.05, 3.63) is 58.8 Å². The third-order valence-electron chi connectivity index (χ3n) is 3.33. The Morgan fingerprint density at radius 1 is 1.13 bits per heavy atom. The summed E-state index contributed by atoms with van der Waals surface area (Å²) in [4.78, 5) is 24.4. The first kappa shape index (κ1) is 15.6. The molecule has 0 bridgehead atoms. The predicted octanol–water partition coefficient (Wildman–Crippen LogP) is 3.53. The molecule has 2 aromatic rings. The molecule has 0 aliphatic heterocycles. The van der Waals surface area contributed by atoms with E-state index in [-0.39, 0.29) is 22.9 Å². The highest BCUT2D eigenvalue weighted by molar-refractivity contribution is 8.04. The van der Waals surface area contributed by atoms with Crippen molar-refractivity contribution in [1.29, 1.82) is 0 Å². The fraction of sp³-hybridized carbons (Fsp3) is 0.235. The molecule has 0 fully saturated rings. The Bertz CT molecular complexity index is 736. The van der Waals surface area contributed by atoms with Gasteiger partial charge in [-0.2, -0.15) is 0 Å². The van der Waals surface area contributed by atoms with Crippen molar-refractivity contribution in [1.82, 2.24) is 5.16 Å². The van der Waals surface area contributed by atoms with E-state index in [4.69, 9.17) is 9.26 Å². The van der Waals surface area contributed by atoms with Gasteiger partial charge in [0.15, 0.2) is 0 Å². The molecule has 0 atom stereocenters. The summed E-state index contributed by atoms with van der Waals surface area (Å²) in [5.74, 6) is 1.16. The summed E-state index contributed by atoms with van der Waals surface area (Å²) in [6.07, 6.45) is 4.42. The molecular weight excluding hydrogens is 314 g/mol. The van der Waals surface area contributed by atoms with Crippen LogP contribution in [0.2, 0.25) is 0 Å². The van der Waals surface area contributed by atoms with E-state index in [1.165, 1.54) is 24.0 Å². The van der Waals surface area contributed by atoms with Crippen molar-refractivity contribution in [3.8, 4) is 5.75 Å². The van der Waals surface area contributed by atoms with Gasteiger partial charge in [-0.1, -0.05) is 23.4 Å². The van der Waals surface area contributed by atoms with E-state index in [2.05, 4.69) is 5.16 Å². The molecule has 0 unspecified atom stereocenters. The molecule has 3 rings (SSSR count). The number of ketones is 2. The number of benzene rings is 1. The smallest absolute Gasteiger partial charge is 0.225 e. The molecule has 1 heterocycles. The molecule has 1 aromatic heterocycles. The molecule has 118 valence electrons. The van der Waals surface area contributed by atoms with Crippen molar-refractivity contribution < 1.29 is 18.8 Å². The van der Waals surface area contributed by atoms with Gasteiger partial charge in [-0.15, -0.1) is 11.8 Å². The van der Waals surface area contributed by atoms with Crippen LogP contribution in [0.5, 0.6) is 5.75 Å². The van der Waals surface area contributed by atoms with E-state index in [0.717, 1.165) is 24.3 Å². The minimum atomic E-state index is -0.299. The average molecular weight is 329 g/mol. The van der Waals surface area contributed by atoms with Gasteiger partial charge in [0.05, 0.1) is 23.3 Å². The van der Waals surface area contributed by atoms with E-state index in [9.17, 15) is 9.59 Å². The van der Waals surface area contributed by atoms with Crippen LogP contribution in [0, 0.1) is 0 Å². The Balaban J connectivity index is 1.41. The second kappa shape index (κ2) is 7.28. The van der Waals surface area contributed by atoms with Gasteiger partial charge < -0.3 is 9.26 Å². The lowest BCUT2D eigenvalue weighted by Gasteiger charge is -2.09. The number of ether oxygens (including phenoxy) is 1. The minimum absolute atomic E-state index is 0.0376. The molecule has 23 heavy (non-hydrogen) atoms. The van der Waals surface area contributed by atoms with E-state index in [1.807, 2.05) is 30.3 Å². The van der Waals surface area contributed by atoms with Crippen LogP contribution in [0.4, 0.5) is 0 Å².